The number of benzene rings is 1. The Morgan fingerprint density at radius 1 is 1.37 bits per heavy atom. The van der Waals surface area contributed by atoms with Gasteiger partial charge in [0.25, 0.3) is 0 Å². The van der Waals surface area contributed by atoms with Gasteiger partial charge in [-0.1, -0.05) is 6.92 Å². The fourth-order valence-electron chi connectivity index (χ4n) is 1.27. The molecular weight excluding hydrogens is 268 g/mol. The van der Waals surface area contributed by atoms with Gasteiger partial charge in [0.2, 0.25) is 10.0 Å². The summed E-state index contributed by atoms with van der Waals surface area (Å²) < 4.78 is 30.8. The van der Waals surface area contributed by atoms with Crippen molar-refractivity contribution in [1.82, 2.24) is 4.72 Å². The zero-order valence-corrected chi connectivity index (χ0v) is 11.7. The first kappa shape index (κ1) is 15.7. The van der Waals surface area contributed by atoms with Crippen LogP contribution >= 0.6 is 0 Å². The molecule has 0 bridgehead atoms. The van der Waals surface area contributed by atoms with Crippen molar-refractivity contribution < 1.29 is 18.3 Å². The zero-order chi connectivity index (χ0) is 14.3. The largest absolute Gasteiger partial charge is 0.492 e. The molecular formula is C12H20N2O4S. The molecule has 1 aromatic rings. The Kier molecular flexibility index (Phi) is 6.07. The van der Waals surface area contributed by atoms with Crippen molar-refractivity contribution in [2.45, 2.75) is 19.4 Å². The second-order valence-corrected chi connectivity index (χ2v) is 6.07. The summed E-state index contributed by atoms with van der Waals surface area (Å²) in [5.74, 6) is 0.409. The number of aliphatic hydroxyl groups is 1. The van der Waals surface area contributed by atoms with Crippen LogP contribution in [0.5, 0.6) is 5.75 Å². The number of sulfonamides is 1. The van der Waals surface area contributed by atoms with Crippen molar-refractivity contribution in [3.8, 4) is 5.75 Å². The lowest BCUT2D eigenvalue weighted by Gasteiger charge is -2.11. The molecule has 0 saturated heterocycles. The fourth-order valence-corrected chi connectivity index (χ4v) is 2.17. The summed E-state index contributed by atoms with van der Waals surface area (Å²) >= 11 is 0. The van der Waals surface area contributed by atoms with E-state index < -0.39 is 16.1 Å². The molecule has 4 N–H and O–H groups in total. The highest BCUT2D eigenvalue weighted by atomic mass is 32.2. The number of hydrogen-bond donors (Lipinski definition) is 3. The van der Waals surface area contributed by atoms with Crippen molar-refractivity contribution in [2.24, 2.45) is 0 Å². The molecule has 1 aromatic carbocycles. The molecule has 6 nitrogen and oxygen atoms in total. The van der Waals surface area contributed by atoms with E-state index in [9.17, 15) is 13.5 Å². The Bertz CT molecular complexity index is 473. The maximum Gasteiger partial charge on any atom is 0.215 e. The Hall–Kier alpha value is -1.31. The quantitative estimate of drug-likeness (QED) is 0.599. The Labute approximate surface area is 113 Å². The van der Waals surface area contributed by atoms with Gasteiger partial charge in [-0.15, -0.1) is 0 Å². The molecule has 1 atom stereocenters. The van der Waals surface area contributed by atoms with Gasteiger partial charge in [0.05, 0.1) is 11.9 Å². The van der Waals surface area contributed by atoms with Crippen LogP contribution in [0.25, 0.3) is 0 Å². The molecule has 0 aliphatic carbocycles. The van der Waals surface area contributed by atoms with E-state index in [1.54, 1.807) is 31.2 Å². The van der Waals surface area contributed by atoms with E-state index in [0.29, 0.717) is 17.9 Å². The van der Waals surface area contributed by atoms with Crippen LogP contribution in [-0.4, -0.2) is 38.5 Å². The molecule has 7 heteroatoms. The number of nitrogens with two attached hydrogens (primary N) is 1. The van der Waals surface area contributed by atoms with Gasteiger partial charge in [-0.05, 0) is 30.7 Å². The fraction of sp³-hybridized carbons (Fsp3) is 0.500. The van der Waals surface area contributed by atoms with Gasteiger partial charge in [-0.25, -0.2) is 13.1 Å². The average molecular weight is 288 g/mol. The summed E-state index contributed by atoms with van der Waals surface area (Å²) in [6.45, 7) is 1.85. The van der Waals surface area contributed by atoms with E-state index in [1.165, 1.54) is 0 Å². The summed E-state index contributed by atoms with van der Waals surface area (Å²) in [5.41, 5.74) is 6.14. The number of rotatable bonds is 8. The van der Waals surface area contributed by atoms with Crippen molar-refractivity contribution in [2.75, 3.05) is 24.6 Å². The Balaban J connectivity index is 2.33. The summed E-state index contributed by atoms with van der Waals surface area (Å²) in [4.78, 5) is 0. The number of nitrogen functional groups attached to an aromatic ring is 1. The molecule has 0 amide bonds. The van der Waals surface area contributed by atoms with Gasteiger partial charge in [-0.3, -0.25) is 0 Å². The third-order valence-electron chi connectivity index (χ3n) is 2.51. The number of hydrogen-bond acceptors (Lipinski definition) is 5. The molecule has 0 aromatic heterocycles. The van der Waals surface area contributed by atoms with Crippen LogP contribution in [0.15, 0.2) is 24.3 Å². The van der Waals surface area contributed by atoms with Gasteiger partial charge in [-0.2, -0.15) is 0 Å². The molecule has 19 heavy (non-hydrogen) atoms. The molecule has 0 aliphatic heterocycles. The van der Waals surface area contributed by atoms with Gasteiger partial charge in [0, 0.05) is 12.2 Å². The SMILES string of the molecule is CCC(O)CNS(=O)(=O)CCOc1ccc(N)cc1. The van der Waals surface area contributed by atoms with Crippen molar-refractivity contribution in [3.05, 3.63) is 24.3 Å². The molecule has 0 heterocycles. The first-order valence-electron chi connectivity index (χ1n) is 6.06. The van der Waals surface area contributed by atoms with Crippen LogP contribution in [0.4, 0.5) is 5.69 Å². The molecule has 1 unspecified atom stereocenters. The van der Waals surface area contributed by atoms with Crippen LogP contribution < -0.4 is 15.2 Å². The van der Waals surface area contributed by atoms with Crippen molar-refractivity contribution >= 4 is 15.7 Å². The number of nitrogens with one attached hydrogen (secondary N) is 1. The smallest absolute Gasteiger partial charge is 0.215 e. The minimum atomic E-state index is -3.42. The van der Waals surface area contributed by atoms with E-state index in [4.69, 9.17) is 10.5 Å². The highest BCUT2D eigenvalue weighted by Crippen LogP contribution is 2.12. The van der Waals surface area contributed by atoms with E-state index in [2.05, 4.69) is 4.72 Å². The first-order chi connectivity index (χ1) is 8.93. The maximum atomic E-state index is 11.6. The topological polar surface area (TPSA) is 102 Å². The third-order valence-corrected chi connectivity index (χ3v) is 3.82. The average Bonchev–Trinajstić information content (AvgIpc) is 2.38. The van der Waals surface area contributed by atoms with E-state index in [-0.39, 0.29) is 18.9 Å². The maximum absolute atomic E-state index is 11.6. The second kappa shape index (κ2) is 7.32. The van der Waals surface area contributed by atoms with Gasteiger partial charge in [0.1, 0.15) is 12.4 Å². The molecule has 0 radical (unpaired) electrons. The standard InChI is InChI=1S/C12H20N2O4S/c1-2-11(15)9-14-19(16,17)8-7-18-12-5-3-10(13)4-6-12/h3-6,11,14-15H,2,7-9,13H2,1H3. The van der Waals surface area contributed by atoms with Gasteiger partial charge >= 0.3 is 0 Å². The van der Waals surface area contributed by atoms with E-state index >= 15 is 0 Å². The predicted octanol–water partition coefficient (Wildman–Crippen LogP) is 0.338. The molecule has 108 valence electrons. The monoisotopic (exact) mass is 288 g/mol. The van der Waals surface area contributed by atoms with Gasteiger partial charge in [0.15, 0.2) is 0 Å². The van der Waals surface area contributed by atoms with Crippen LogP contribution in [0.1, 0.15) is 13.3 Å². The van der Waals surface area contributed by atoms with Gasteiger partial charge < -0.3 is 15.6 Å². The third kappa shape index (κ3) is 6.42. The van der Waals surface area contributed by atoms with Crippen LogP contribution in [0.2, 0.25) is 0 Å². The zero-order valence-electron chi connectivity index (χ0n) is 10.9. The number of aliphatic hydroxyl groups excluding tert-OH is 1. The lowest BCUT2D eigenvalue weighted by Crippen LogP contribution is -2.34. The number of ether oxygens (including phenoxy) is 1. The summed E-state index contributed by atoms with van der Waals surface area (Å²) in [6.07, 6.45) is -0.155. The van der Waals surface area contributed by atoms with E-state index in [0.717, 1.165) is 0 Å². The van der Waals surface area contributed by atoms with Crippen LogP contribution in [0.3, 0.4) is 0 Å². The van der Waals surface area contributed by atoms with Crippen LogP contribution in [-0.2, 0) is 10.0 Å². The highest BCUT2D eigenvalue weighted by Gasteiger charge is 2.12. The van der Waals surface area contributed by atoms with Crippen LogP contribution in [0, 0.1) is 0 Å². The highest BCUT2D eigenvalue weighted by molar-refractivity contribution is 7.89. The second-order valence-electron chi connectivity index (χ2n) is 4.15. The number of anilines is 1. The van der Waals surface area contributed by atoms with Crippen molar-refractivity contribution in [1.29, 1.82) is 0 Å². The molecule has 1 rings (SSSR count). The molecule has 0 fully saturated rings. The summed E-state index contributed by atoms with van der Waals surface area (Å²) in [6, 6.07) is 6.71. The first-order valence-corrected chi connectivity index (χ1v) is 7.72. The minimum absolute atomic E-state index is 0.0285. The Morgan fingerprint density at radius 2 is 2.00 bits per heavy atom. The summed E-state index contributed by atoms with van der Waals surface area (Å²) in [7, 11) is -3.42. The Morgan fingerprint density at radius 3 is 2.58 bits per heavy atom. The predicted molar refractivity (Wildman–Crippen MR) is 74.4 cm³/mol. The normalized spacial score (nSPS) is 13.2. The molecule has 0 saturated carbocycles. The lowest BCUT2D eigenvalue weighted by molar-refractivity contribution is 0.174. The lowest BCUT2D eigenvalue weighted by atomic mass is 10.3. The molecule has 0 spiro atoms. The van der Waals surface area contributed by atoms with E-state index in [1.807, 2.05) is 0 Å². The van der Waals surface area contributed by atoms with Crippen molar-refractivity contribution in [3.63, 3.8) is 0 Å². The molecule has 0 aliphatic rings. The summed E-state index contributed by atoms with van der Waals surface area (Å²) in [5, 5.41) is 9.28. The minimum Gasteiger partial charge on any atom is -0.492 e.